The number of aryl methyl sites for hydroxylation is 1. The molecular weight excluding hydrogens is 357 g/mol. The average Bonchev–Trinajstić information content (AvgIpc) is 3.07. The fourth-order valence-electron chi connectivity index (χ4n) is 4.12. The molecule has 142 valence electrons. The van der Waals surface area contributed by atoms with E-state index in [1.807, 2.05) is 0 Å². The average molecular weight is 388 g/mol. The zero-order valence-corrected chi connectivity index (χ0v) is 16.9. The highest BCUT2D eigenvalue weighted by Gasteiger charge is 2.42. The first kappa shape index (κ1) is 22.1. The van der Waals surface area contributed by atoms with Crippen molar-refractivity contribution in [1.29, 1.82) is 0 Å². The molecule has 0 bridgehead atoms. The van der Waals surface area contributed by atoms with E-state index in [0.29, 0.717) is 12.5 Å². The molecule has 1 saturated heterocycles. The van der Waals surface area contributed by atoms with Gasteiger partial charge in [0, 0.05) is 38.4 Å². The summed E-state index contributed by atoms with van der Waals surface area (Å²) in [5.41, 5.74) is 9.70. The minimum Gasteiger partial charge on any atom is -0.368 e. The summed E-state index contributed by atoms with van der Waals surface area (Å²) < 4.78 is 0. The first-order valence-corrected chi connectivity index (χ1v) is 8.88. The number of rotatable bonds is 3. The Balaban J connectivity index is 0.00000156. The fraction of sp³-hybridized carbons (Fsp3) is 0.632. The van der Waals surface area contributed by atoms with E-state index in [-0.39, 0.29) is 30.2 Å². The van der Waals surface area contributed by atoms with Crippen LogP contribution < -0.4 is 10.6 Å². The van der Waals surface area contributed by atoms with E-state index >= 15 is 0 Å². The Labute approximate surface area is 163 Å². The monoisotopic (exact) mass is 387 g/mol. The molecule has 2 fully saturated rings. The molecule has 2 N–H and O–H groups in total. The first-order valence-electron chi connectivity index (χ1n) is 8.88. The molecule has 0 spiro atoms. The van der Waals surface area contributed by atoms with Gasteiger partial charge in [0.05, 0.1) is 5.41 Å². The summed E-state index contributed by atoms with van der Waals surface area (Å²) in [5, 5.41) is 0. The van der Waals surface area contributed by atoms with Crippen molar-refractivity contribution in [3.63, 3.8) is 0 Å². The minimum absolute atomic E-state index is 0. The highest BCUT2D eigenvalue weighted by molar-refractivity contribution is 5.85. The Bertz CT molecular complexity index is 580. The van der Waals surface area contributed by atoms with Crippen LogP contribution in [0, 0.1) is 19.3 Å². The predicted octanol–water partition coefficient (Wildman–Crippen LogP) is 3.31. The van der Waals surface area contributed by atoms with Gasteiger partial charge in [0.15, 0.2) is 0 Å². The van der Waals surface area contributed by atoms with E-state index in [1.165, 1.54) is 16.8 Å². The summed E-state index contributed by atoms with van der Waals surface area (Å²) in [4.78, 5) is 17.4. The van der Waals surface area contributed by atoms with Gasteiger partial charge in [-0.15, -0.1) is 24.8 Å². The van der Waals surface area contributed by atoms with E-state index in [4.69, 9.17) is 5.73 Å². The second-order valence-electron chi connectivity index (χ2n) is 7.19. The number of nitrogens with zero attached hydrogens (tertiary/aromatic N) is 2. The summed E-state index contributed by atoms with van der Waals surface area (Å²) in [5.74, 6) is 0.304. The van der Waals surface area contributed by atoms with Gasteiger partial charge in [0.25, 0.3) is 0 Å². The van der Waals surface area contributed by atoms with Crippen molar-refractivity contribution in [2.45, 2.75) is 39.5 Å². The molecule has 1 amide bonds. The van der Waals surface area contributed by atoms with Crippen LogP contribution >= 0.6 is 24.8 Å². The lowest BCUT2D eigenvalue weighted by Crippen LogP contribution is -2.54. The second-order valence-corrected chi connectivity index (χ2v) is 7.19. The zero-order valence-electron chi connectivity index (χ0n) is 15.3. The van der Waals surface area contributed by atoms with E-state index < -0.39 is 0 Å². The number of halogens is 2. The van der Waals surface area contributed by atoms with Gasteiger partial charge in [0.1, 0.15) is 0 Å². The maximum atomic E-state index is 12.9. The van der Waals surface area contributed by atoms with Crippen molar-refractivity contribution in [2.75, 3.05) is 37.6 Å². The summed E-state index contributed by atoms with van der Waals surface area (Å²) in [6.45, 7) is 8.30. The lowest BCUT2D eigenvalue weighted by atomic mass is 9.84. The maximum Gasteiger partial charge on any atom is 0.230 e. The van der Waals surface area contributed by atoms with Crippen LogP contribution in [0.25, 0.3) is 0 Å². The molecule has 0 atom stereocenters. The third-order valence-corrected chi connectivity index (χ3v) is 5.89. The number of benzene rings is 1. The van der Waals surface area contributed by atoms with Crippen molar-refractivity contribution in [3.05, 3.63) is 29.3 Å². The Hall–Kier alpha value is -0.970. The minimum atomic E-state index is -0.262. The number of carbonyl (C=O) groups is 1. The molecule has 6 heteroatoms. The standard InChI is InChI=1S/C19H29N3O.2ClH/c1-15-6-5-7-17(16(15)2)21-10-12-22(13-11-21)18(23)19(14-20)8-3-4-9-19;;/h5-7H,3-4,8-14,20H2,1-2H3;2*1H. The first-order chi connectivity index (χ1) is 11.1. The van der Waals surface area contributed by atoms with Crippen LogP contribution in [-0.2, 0) is 4.79 Å². The largest absolute Gasteiger partial charge is 0.368 e. The molecule has 1 aliphatic heterocycles. The van der Waals surface area contributed by atoms with Gasteiger partial charge < -0.3 is 15.5 Å². The van der Waals surface area contributed by atoms with Crippen molar-refractivity contribution < 1.29 is 4.79 Å². The third kappa shape index (κ3) is 4.24. The van der Waals surface area contributed by atoms with Gasteiger partial charge in [-0.3, -0.25) is 4.79 Å². The molecule has 0 unspecified atom stereocenters. The van der Waals surface area contributed by atoms with Crippen LogP contribution in [0.1, 0.15) is 36.8 Å². The van der Waals surface area contributed by atoms with E-state index in [2.05, 4.69) is 41.8 Å². The Morgan fingerprint density at radius 2 is 1.68 bits per heavy atom. The van der Waals surface area contributed by atoms with Crippen LogP contribution in [-0.4, -0.2) is 43.5 Å². The van der Waals surface area contributed by atoms with Crippen LogP contribution in [0.4, 0.5) is 5.69 Å². The lowest BCUT2D eigenvalue weighted by Gasteiger charge is -2.40. The number of anilines is 1. The molecule has 1 aliphatic carbocycles. The number of nitrogens with two attached hydrogens (primary N) is 1. The molecule has 1 saturated carbocycles. The second kappa shape index (κ2) is 9.11. The maximum absolute atomic E-state index is 12.9. The molecule has 3 rings (SSSR count). The fourth-order valence-corrected chi connectivity index (χ4v) is 4.12. The summed E-state index contributed by atoms with van der Waals surface area (Å²) in [6.07, 6.45) is 4.23. The normalized spacial score (nSPS) is 19.2. The molecule has 1 aromatic rings. The molecule has 4 nitrogen and oxygen atoms in total. The van der Waals surface area contributed by atoms with E-state index in [1.54, 1.807) is 0 Å². The highest BCUT2D eigenvalue weighted by Crippen LogP contribution is 2.39. The topological polar surface area (TPSA) is 49.6 Å². The molecule has 25 heavy (non-hydrogen) atoms. The van der Waals surface area contributed by atoms with Crippen molar-refractivity contribution in [2.24, 2.45) is 11.1 Å². The highest BCUT2D eigenvalue weighted by atomic mass is 35.5. The Morgan fingerprint density at radius 1 is 1.08 bits per heavy atom. The number of piperazine rings is 1. The zero-order chi connectivity index (χ0) is 16.4. The number of hydrogen-bond acceptors (Lipinski definition) is 3. The summed E-state index contributed by atoms with van der Waals surface area (Å²) >= 11 is 0. The lowest BCUT2D eigenvalue weighted by molar-refractivity contribution is -0.141. The van der Waals surface area contributed by atoms with Crippen LogP contribution in [0.5, 0.6) is 0 Å². The van der Waals surface area contributed by atoms with Crippen molar-refractivity contribution in [3.8, 4) is 0 Å². The SMILES string of the molecule is Cc1cccc(N2CCN(C(=O)C3(CN)CCCC3)CC2)c1C.Cl.Cl. The molecule has 1 heterocycles. The molecule has 2 aliphatic rings. The van der Waals surface area contributed by atoms with Crippen LogP contribution in [0.3, 0.4) is 0 Å². The quantitative estimate of drug-likeness (QED) is 0.864. The molecular formula is C19H31Cl2N3O. The summed E-state index contributed by atoms with van der Waals surface area (Å²) in [6, 6.07) is 6.47. The number of carbonyl (C=O) groups excluding carboxylic acids is 1. The predicted molar refractivity (Wildman–Crippen MR) is 109 cm³/mol. The van der Waals surface area contributed by atoms with E-state index in [9.17, 15) is 4.79 Å². The molecule has 0 aromatic heterocycles. The van der Waals surface area contributed by atoms with Gasteiger partial charge in [-0.2, -0.15) is 0 Å². The number of hydrogen-bond donors (Lipinski definition) is 1. The van der Waals surface area contributed by atoms with Gasteiger partial charge >= 0.3 is 0 Å². The third-order valence-electron chi connectivity index (χ3n) is 5.89. The Morgan fingerprint density at radius 3 is 2.24 bits per heavy atom. The van der Waals surface area contributed by atoms with Crippen LogP contribution in [0.15, 0.2) is 18.2 Å². The smallest absolute Gasteiger partial charge is 0.230 e. The summed E-state index contributed by atoms with van der Waals surface area (Å²) in [7, 11) is 0. The molecule has 1 aromatic carbocycles. The van der Waals surface area contributed by atoms with Crippen molar-refractivity contribution in [1.82, 2.24) is 4.90 Å². The van der Waals surface area contributed by atoms with Crippen molar-refractivity contribution >= 4 is 36.4 Å². The molecule has 0 radical (unpaired) electrons. The number of amides is 1. The van der Waals surface area contributed by atoms with Gasteiger partial charge in [0.2, 0.25) is 5.91 Å². The van der Waals surface area contributed by atoms with Gasteiger partial charge in [-0.1, -0.05) is 25.0 Å². The Kier molecular flexibility index (Phi) is 8.04. The van der Waals surface area contributed by atoms with Gasteiger partial charge in [-0.05, 0) is 43.9 Å². The van der Waals surface area contributed by atoms with Crippen LogP contribution in [0.2, 0.25) is 0 Å². The van der Waals surface area contributed by atoms with Gasteiger partial charge in [-0.25, -0.2) is 0 Å². The van der Waals surface area contributed by atoms with E-state index in [0.717, 1.165) is 51.9 Å².